The Labute approximate surface area is 115 Å². The third kappa shape index (κ3) is 3.11. The van der Waals surface area contributed by atoms with Gasteiger partial charge >= 0.3 is 0 Å². The Morgan fingerprint density at radius 1 is 1.45 bits per heavy atom. The molecule has 0 amide bonds. The summed E-state index contributed by atoms with van der Waals surface area (Å²) in [5.74, 6) is -0.635. The van der Waals surface area contributed by atoms with Crippen LogP contribution in [0.15, 0.2) is 29.4 Å². The van der Waals surface area contributed by atoms with E-state index in [1.807, 2.05) is 0 Å². The van der Waals surface area contributed by atoms with Gasteiger partial charge in [-0.3, -0.25) is 4.68 Å². The Bertz CT molecular complexity index is 700. The van der Waals surface area contributed by atoms with E-state index in [0.717, 1.165) is 12.1 Å². The lowest BCUT2D eigenvalue weighted by molar-refractivity contribution is 0.552. The highest BCUT2D eigenvalue weighted by Gasteiger charge is 2.18. The van der Waals surface area contributed by atoms with E-state index in [1.54, 1.807) is 6.20 Å². The quantitative estimate of drug-likeness (QED) is 0.772. The zero-order chi connectivity index (χ0) is 14.8. The molecular weight excluding hydrogens is 285 g/mol. The highest BCUT2D eigenvalue weighted by atomic mass is 32.2. The van der Waals surface area contributed by atoms with E-state index in [4.69, 9.17) is 5.73 Å². The van der Waals surface area contributed by atoms with Crippen molar-refractivity contribution < 1.29 is 12.8 Å². The molecule has 0 saturated heterocycles. The molecule has 1 aromatic heterocycles. The number of nitrogens with zero attached hydrogens (tertiary/aromatic N) is 3. The molecule has 3 N–H and O–H groups in total. The maximum Gasteiger partial charge on any atom is 0.240 e. The van der Waals surface area contributed by atoms with Gasteiger partial charge in [0.1, 0.15) is 5.82 Å². The normalized spacial score (nSPS) is 11.7. The highest BCUT2D eigenvalue weighted by molar-refractivity contribution is 7.89. The molecule has 7 nitrogen and oxygen atoms in total. The first-order valence-electron chi connectivity index (χ1n) is 5.79. The lowest BCUT2D eigenvalue weighted by atomic mass is 10.2. The zero-order valence-corrected chi connectivity index (χ0v) is 11.6. The summed E-state index contributed by atoms with van der Waals surface area (Å²) in [6.07, 6.45) is 3.12. The second-order valence-electron chi connectivity index (χ2n) is 4.20. The molecule has 0 radical (unpaired) electrons. The fourth-order valence-corrected chi connectivity index (χ4v) is 2.96. The Balaban J connectivity index is 2.12. The molecule has 0 aliphatic carbocycles. The monoisotopic (exact) mass is 299 g/mol. The van der Waals surface area contributed by atoms with Crippen molar-refractivity contribution in [3.05, 3.63) is 35.9 Å². The van der Waals surface area contributed by atoms with Gasteiger partial charge in [-0.2, -0.15) is 0 Å². The maximum atomic E-state index is 13.2. The van der Waals surface area contributed by atoms with Crippen molar-refractivity contribution in [2.75, 3.05) is 12.3 Å². The summed E-state index contributed by atoms with van der Waals surface area (Å²) in [4.78, 5) is -0.0324. The predicted molar refractivity (Wildman–Crippen MR) is 70.8 cm³/mol. The van der Waals surface area contributed by atoms with Gasteiger partial charge in [-0.05, 0) is 24.6 Å². The van der Waals surface area contributed by atoms with E-state index < -0.39 is 15.8 Å². The number of nitrogen functional groups attached to an aromatic ring is 1. The summed E-state index contributed by atoms with van der Waals surface area (Å²) in [7, 11) is -3.74. The van der Waals surface area contributed by atoms with Crippen molar-refractivity contribution in [3.63, 3.8) is 0 Å². The predicted octanol–water partition coefficient (Wildman–Crippen LogP) is 0.286. The Morgan fingerprint density at radius 2 is 2.20 bits per heavy atom. The van der Waals surface area contributed by atoms with Crippen LogP contribution in [-0.4, -0.2) is 30.0 Å². The number of nitrogens with two attached hydrogens (primary N) is 1. The number of benzene rings is 1. The lowest BCUT2D eigenvalue weighted by Crippen LogP contribution is -2.28. The number of aromatic nitrogens is 3. The molecule has 0 fully saturated rings. The second kappa shape index (κ2) is 5.55. The molecule has 0 aliphatic rings. The minimum atomic E-state index is -3.74. The van der Waals surface area contributed by atoms with Gasteiger partial charge in [0.2, 0.25) is 10.0 Å². The topological polar surface area (TPSA) is 103 Å². The Hall–Kier alpha value is -2.00. The van der Waals surface area contributed by atoms with Crippen LogP contribution in [0.1, 0.15) is 5.56 Å². The SMILES string of the molecule is Cc1cc(F)c(N)cc1S(=O)(=O)NCCn1ccnn1. The number of nitrogens with one attached hydrogen (secondary N) is 1. The van der Waals surface area contributed by atoms with E-state index in [9.17, 15) is 12.8 Å². The summed E-state index contributed by atoms with van der Waals surface area (Å²) in [5.41, 5.74) is 5.50. The molecular formula is C11H14FN5O2S. The number of halogens is 1. The fraction of sp³-hybridized carbons (Fsp3) is 0.273. The fourth-order valence-electron chi connectivity index (χ4n) is 1.68. The molecule has 0 saturated carbocycles. The molecule has 0 atom stereocenters. The number of sulfonamides is 1. The Morgan fingerprint density at radius 3 is 2.85 bits per heavy atom. The van der Waals surface area contributed by atoms with E-state index in [-0.39, 0.29) is 17.1 Å². The molecule has 9 heteroatoms. The number of aryl methyl sites for hydroxylation is 1. The largest absolute Gasteiger partial charge is 0.396 e. The van der Waals surface area contributed by atoms with E-state index in [2.05, 4.69) is 15.0 Å². The molecule has 1 heterocycles. The first-order valence-corrected chi connectivity index (χ1v) is 7.28. The third-order valence-electron chi connectivity index (χ3n) is 2.69. The van der Waals surface area contributed by atoms with Crippen LogP contribution in [0.2, 0.25) is 0 Å². The van der Waals surface area contributed by atoms with Crippen molar-refractivity contribution in [2.24, 2.45) is 0 Å². The van der Waals surface area contributed by atoms with Crippen molar-refractivity contribution in [2.45, 2.75) is 18.4 Å². The van der Waals surface area contributed by atoms with Crippen LogP contribution in [0.5, 0.6) is 0 Å². The number of hydrogen-bond donors (Lipinski definition) is 2. The number of anilines is 1. The van der Waals surface area contributed by atoms with Gasteiger partial charge in [0.25, 0.3) is 0 Å². The number of hydrogen-bond acceptors (Lipinski definition) is 5. The van der Waals surface area contributed by atoms with Gasteiger partial charge in [-0.15, -0.1) is 5.10 Å². The van der Waals surface area contributed by atoms with Crippen LogP contribution in [0.25, 0.3) is 0 Å². The van der Waals surface area contributed by atoms with Crippen LogP contribution in [0.3, 0.4) is 0 Å². The summed E-state index contributed by atoms with van der Waals surface area (Å²) >= 11 is 0. The van der Waals surface area contributed by atoms with Crippen molar-refractivity contribution in [1.29, 1.82) is 0 Å². The van der Waals surface area contributed by atoms with Crippen molar-refractivity contribution in [3.8, 4) is 0 Å². The Kier molecular flexibility index (Phi) is 4.00. The van der Waals surface area contributed by atoms with Crippen molar-refractivity contribution in [1.82, 2.24) is 19.7 Å². The molecule has 0 bridgehead atoms. The van der Waals surface area contributed by atoms with Crippen LogP contribution in [0.4, 0.5) is 10.1 Å². The molecule has 0 unspecified atom stereocenters. The van der Waals surface area contributed by atoms with E-state index in [1.165, 1.54) is 17.8 Å². The molecule has 2 rings (SSSR count). The van der Waals surface area contributed by atoms with Crippen LogP contribution in [0, 0.1) is 12.7 Å². The average molecular weight is 299 g/mol. The minimum Gasteiger partial charge on any atom is -0.396 e. The number of rotatable bonds is 5. The summed E-state index contributed by atoms with van der Waals surface area (Å²) < 4.78 is 41.3. The molecule has 20 heavy (non-hydrogen) atoms. The van der Waals surface area contributed by atoms with Crippen molar-refractivity contribution >= 4 is 15.7 Å². The average Bonchev–Trinajstić information content (AvgIpc) is 2.86. The first kappa shape index (κ1) is 14.4. The minimum absolute atomic E-state index is 0.0324. The second-order valence-corrected chi connectivity index (χ2v) is 5.94. The summed E-state index contributed by atoms with van der Waals surface area (Å²) in [6.45, 7) is 1.99. The third-order valence-corrected chi connectivity index (χ3v) is 4.29. The molecule has 108 valence electrons. The van der Waals surface area contributed by atoms with E-state index in [0.29, 0.717) is 12.1 Å². The lowest BCUT2D eigenvalue weighted by Gasteiger charge is -2.10. The highest BCUT2D eigenvalue weighted by Crippen LogP contribution is 2.21. The molecule has 0 spiro atoms. The summed E-state index contributed by atoms with van der Waals surface area (Å²) in [6, 6.07) is 2.21. The van der Waals surface area contributed by atoms with Gasteiger partial charge < -0.3 is 5.73 Å². The van der Waals surface area contributed by atoms with E-state index >= 15 is 0 Å². The van der Waals surface area contributed by atoms with Crippen LogP contribution < -0.4 is 10.5 Å². The van der Waals surface area contributed by atoms with Crippen LogP contribution in [-0.2, 0) is 16.6 Å². The van der Waals surface area contributed by atoms with Gasteiger partial charge in [0.15, 0.2) is 0 Å². The first-order chi connectivity index (χ1) is 9.40. The van der Waals surface area contributed by atoms with Gasteiger partial charge in [-0.1, -0.05) is 5.21 Å². The van der Waals surface area contributed by atoms with Gasteiger partial charge in [0.05, 0.1) is 23.3 Å². The van der Waals surface area contributed by atoms with Gasteiger partial charge in [-0.25, -0.2) is 17.5 Å². The molecule has 0 aliphatic heterocycles. The van der Waals surface area contributed by atoms with Gasteiger partial charge in [0, 0.05) is 12.7 Å². The molecule has 1 aromatic carbocycles. The molecule has 2 aromatic rings. The standard InChI is InChI=1S/C11H14FN5O2S/c1-8-6-9(12)10(13)7-11(8)20(18,19)15-3-5-17-4-2-14-16-17/h2,4,6-7,15H,3,5,13H2,1H3. The summed E-state index contributed by atoms with van der Waals surface area (Å²) in [5, 5.41) is 7.32. The van der Waals surface area contributed by atoms with Crippen LogP contribution >= 0.6 is 0 Å². The smallest absolute Gasteiger partial charge is 0.240 e. The maximum absolute atomic E-state index is 13.2. The zero-order valence-electron chi connectivity index (χ0n) is 10.7.